The summed E-state index contributed by atoms with van der Waals surface area (Å²) in [6.45, 7) is 0. The van der Waals surface area contributed by atoms with Crippen LogP contribution in [0.15, 0.2) is 528 Å². The molecule has 0 amide bonds. The number of imidazole rings is 3. The van der Waals surface area contributed by atoms with Gasteiger partial charge in [0.1, 0.15) is 16.9 Å². The Balaban J connectivity index is 0.000000106. The lowest BCUT2D eigenvalue weighted by Gasteiger charge is -2.21. The van der Waals surface area contributed by atoms with E-state index < -0.39 is 21.4 Å². The molecule has 0 saturated heterocycles. The van der Waals surface area contributed by atoms with Gasteiger partial charge in [-0.05, 0) is 198 Å². The fraction of sp³-hybridized carbons (Fsp3) is 0. The molecule has 8 heterocycles. The second-order valence-electron chi connectivity index (χ2n) is 38.8. The number of rotatable bonds is 12. The van der Waals surface area contributed by atoms with E-state index in [0.29, 0.717) is 0 Å². The van der Waals surface area contributed by atoms with Crippen LogP contribution in [0.2, 0.25) is 0 Å². The predicted octanol–water partition coefficient (Wildman–Crippen LogP) is 30.9. The summed E-state index contributed by atoms with van der Waals surface area (Å²) in [5, 5.41) is 31.2. The molecule has 31 aromatic rings. The highest BCUT2D eigenvalue weighted by atomic mass is 31.2. The van der Waals surface area contributed by atoms with Crippen molar-refractivity contribution in [3.8, 4) is 28.1 Å². The third-order valence-electron chi connectivity index (χ3n) is 30.6. The fourth-order valence-corrected chi connectivity index (χ4v) is 31.5. The number of aromatic nitrogens is 8. The molecule has 0 spiro atoms. The van der Waals surface area contributed by atoms with Crippen LogP contribution in [-0.2, 0) is 13.7 Å². The monoisotopic (exact) mass is 1970 g/mol. The van der Waals surface area contributed by atoms with Gasteiger partial charge >= 0.3 is 0 Å². The van der Waals surface area contributed by atoms with Crippen LogP contribution in [0.5, 0.6) is 0 Å². The van der Waals surface area contributed by atoms with E-state index in [4.69, 9.17) is 19.9 Å². The van der Waals surface area contributed by atoms with Crippen molar-refractivity contribution in [3.05, 3.63) is 528 Å². The second kappa shape index (κ2) is 35.1. The summed E-state index contributed by atoms with van der Waals surface area (Å²) >= 11 is 0. The molecule has 14 heteroatoms. The Labute approximate surface area is 860 Å². The van der Waals surface area contributed by atoms with Gasteiger partial charge in [0.2, 0.25) is 0 Å². The summed E-state index contributed by atoms with van der Waals surface area (Å²) in [4.78, 5) is 20.7. The molecule has 150 heavy (non-hydrogen) atoms. The van der Waals surface area contributed by atoms with Crippen LogP contribution in [0.4, 0.5) is 0 Å². The van der Waals surface area contributed by atoms with Crippen LogP contribution in [0.1, 0.15) is 0 Å². The molecule has 0 aliphatic carbocycles. The first-order valence-electron chi connectivity index (χ1n) is 50.6. The highest BCUT2D eigenvalue weighted by molar-refractivity contribution is 7.86. The van der Waals surface area contributed by atoms with E-state index in [0.717, 1.165) is 223 Å². The minimum atomic E-state index is -3.23. The molecule has 11 nitrogen and oxygen atoms in total. The third-order valence-corrected chi connectivity index (χ3v) is 39.7. The molecule has 704 valence electrons. The number of hydrogen-bond acceptors (Lipinski definition) is 7. The number of hydrogen-bond donors (Lipinski definition) is 0. The van der Waals surface area contributed by atoms with E-state index in [9.17, 15) is 0 Å². The zero-order valence-electron chi connectivity index (χ0n) is 80.9. The summed E-state index contributed by atoms with van der Waals surface area (Å²) in [5.41, 5.74) is 19.2. The lowest BCUT2D eigenvalue weighted by atomic mass is 9.99. The quantitative estimate of drug-likeness (QED) is 0.0678. The Morgan fingerprint density at radius 3 is 1.07 bits per heavy atom. The van der Waals surface area contributed by atoms with Gasteiger partial charge in [0, 0.05) is 119 Å². The molecule has 0 radical (unpaired) electrons. The minimum absolute atomic E-state index is 0.798. The van der Waals surface area contributed by atoms with Crippen molar-refractivity contribution in [2.75, 3.05) is 0 Å². The van der Waals surface area contributed by atoms with E-state index in [1.807, 2.05) is 194 Å². The van der Waals surface area contributed by atoms with Crippen LogP contribution in [-0.4, -0.2) is 37.7 Å². The molecular weight excluding hydrogens is 1890 g/mol. The Bertz CT molecular complexity index is 11000. The zero-order valence-corrected chi connectivity index (χ0v) is 83.6. The first kappa shape index (κ1) is 87.9. The molecule has 0 aliphatic rings. The Kier molecular flexibility index (Phi) is 20.6. The highest BCUT2D eigenvalue weighted by Crippen LogP contribution is 2.51. The van der Waals surface area contributed by atoms with Crippen LogP contribution in [0, 0.1) is 0 Å². The Morgan fingerprint density at radius 1 is 0.173 bits per heavy atom. The molecule has 0 saturated carbocycles. The number of benzene rings is 23. The highest BCUT2D eigenvalue weighted by Gasteiger charge is 2.35. The molecule has 0 fully saturated rings. The van der Waals surface area contributed by atoms with Gasteiger partial charge in [0.25, 0.3) is 0 Å². The lowest BCUT2D eigenvalue weighted by molar-refractivity contribution is 0.591. The molecule has 0 N–H and O–H groups in total. The van der Waals surface area contributed by atoms with Gasteiger partial charge in [-0.25, -0.2) is 15.0 Å². The van der Waals surface area contributed by atoms with E-state index in [1.54, 1.807) is 0 Å². The van der Waals surface area contributed by atoms with E-state index in [1.165, 1.54) is 43.4 Å². The van der Waals surface area contributed by atoms with Crippen molar-refractivity contribution < 1.29 is 13.7 Å². The summed E-state index contributed by atoms with van der Waals surface area (Å²) in [7, 11) is -9.65. The minimum Gasteiger partial charge on any atom is -0.309 e. The second-order valence-corrected chi connectivity index (χ2v) is 47.2. The smallest absolute Gasteiger partial charge is 0.171 e. The summed E-state index contributed by atoms with van der Waals surface area (Å²) in [5.74, 6) is 0. The standard InChI is InChI=1S/C47H30N3OP.C45H29N2OP.C44H28N3OP/c51-52(33-14-3-1-4-15-33,34-16-5-2-6-17-34)35-25-28-44-40(30-35)46-36-18-8-7-13-31(36)23-26-39(46)47-48-41-27-24-32(29-45(41)50(44)47)49-42-21-11-9-19-37(42)38-20-10-12-22-43(38)49;48-49(36-15-3-1-4-16-36,37-17-5-2-6-18-37)38-22-23-39-40-26-32-13-9-10-14-33(32)27-41(40)45-46-42-24-21-35(28-44(42)47(45)43(39)29-38)34-20-19-30-11-7-8-12-31(30)25-34;48-49(33-14-3-1-4-15-33,34-16-5-2-6-17-34)35-21-24-41-38(27-35)37-22-19-29-11-9-10-18-36(29)43(37)44-46-39-23-20-31(26-42(39)47(41)44)40-25-30-12-7-8-13-32(30)28-45-40/h1-30H;1-29H;1-28H. The summed E-state index contributed by atoms with van der Waals surface area (Å²) < 4.78 is 55.9. The van der Waals surface area contributed by atoms with Crippen molar-refractivity contribution in [3.63, 3.8) is 0 Å². The number of para-hydroxylation sites is 2. The topological polar surface area (TPSA) is 121 Å². The summed E-state index contributed by atoms with van der Waals surface area (Å²) in [6.07, 6.45) is 1.94. The van der Waals surface area contributed by atoms with Crippen LogP contribution < -0.4 is 47.7 Å². The van der Waals surface area contributed by atoms with E-state index in [2.05, 4.69) is 351 Å². The average Bonchev–Trinajstić information content (AvgIpc) is 1.51. The fourth-order valence-electron chi connectivity index (χ4n) is 23.4. The SMILES string of the molecule is O=P(c1ccccc1)(c1ccccc1)c1ccc2c(c1)c1c3ccccc3ccc1c1nc3ccc(-n4c5ccccc5c5ccccc54)cc3n21.O=P(c1ccccc1)(c1ccccc1)c1ccc2c(c1)c1ccc3ccccc3c1c1nc3ccc(-c4cc5ccccc5cn4)cc3n21.O=P(c1ccccc1)(c1ccccc1)c1ccc2c3cc4ccccc4cc3c3nc4ccc(-c5ccc6ccccc6c5)cc4n3c2c1. The average molecular weight is 1970 g/mol. The van der Waals surface area contributed by atoms with Gasteiger partial charge in [0.15, 0.2) is 21.4 Å². The van der Waals surface area contributed by atoms with Crippen molar-refractivity contribution in [1.82, 2.24) is 37.7 Å². The molecule has 31 rings (SSSR count). The Hall–Kier alpha value is -18.6. The van der Waals surface area contributed by atoms with Crippen molar-refractivity contribution >= 4 is 260 Å². The van der Waals surface area contributed by atoms with Gasteiger partial charge in [-0.3, -0.25) is 18.2 Å². The van der Waals surface area contributed by atoms with Crippen molar-refractivity contribution in [1.29, 1.82) is 0 Å². The van der Waals surface area contributed by atoms with E-state index >= 15 is 13.7 Å². The number of nitrogens with zero attached hydrogens (tertiary/aromatic N) is 8. The van der Waals surface area contributed by atoms with Crippen LogP contribution in [0.3, 0.4) is 0 Å². The third kappa shape index (κ3) is 14.0. The number of fused-ring (bicyclic) bond motifs is 34. The van der Waals surface area contributed by atoms with Gasteiger partial charge < -0.3 is 18.3 Å². The van der Waals surface area contributed by atoms with Gasteiger partial charge in [-0.15, -0.1) is 0 Å². The maximum atomic E-state index is 15.7. The largest absolute Gasteiger partial charge is 0.309 e. The summed E-state index contributed by atoms with van der Waals surface area (Å²) in [6, 6.07) is 180. The number of pyridine rings is 4. The molecule has 8 aromatic heterocycles. The van der Waals surface area contributed by atoms with Crippen molar-refractivity contribution in [2.24, 2.45) is 0 Å². The normalized spacial score (nSPS) is 12.2. The van der Waals surface area contributed by atoms with Crippen molar-refractivity contribution in [2.45, 2.75) is 0 Å². The molecule has 0 unspecified atom stereocenters. The lowest BCUT2D eigenvalue weighted by Crippen LogP contribution is -2.25. The zero-order chi connectivity index (χ0) is 99.4. The maximum absolute atomic E-state index is 15.7. The molecule has 0 aliphatic heterocycles. The predicted molar refractivity (Wildman–Crippen MR) is 632 cm³/mol. The van der Waals surface area contributed by atoms with Crippen LogP contribution >= 0.6 is 21.4 Å². The first-order chi connectivity index (χ1) is 74.0. The molecule has 0 atom stereocenters. The van der Waals surface area contributed by atoms with E-state index in [-0.39, 0.29) is 0 Å². The van der Waals surface area contributed by atoms with Crippen LogP contribution in [0.25, 0.3) is 219 Å². The first-order valence-corrected chi connectivity index (χ1v) is 55.7. The molecular formula is C136H87N8O3P3. The Morgan fingerprint density at radius 2 is 0.527 bits per heavy atom. The van der Waals surface area contributed by atoms with Gasteiger partial charge in [0.05, 0.1) is 66.4 Å². The molecule has 23 aromatic carbocycles. The van der Waals surface area contributed by atoms with Gasteiger partial charge in [-0.2, -0.15) is 0 Å². The van der Waals surface area contributed by atoms with Gasteiger partial charge in [-0.1, -0.05) is 394 Å². The molecule has 0 bridgehead atoms. The maximum Gasteiger partial charge on any atom is 0.171 e.